The molecule has 0 spiro atoms. The van der Waals surface area contributed by atoms with Gasteiger partial charge in [0.2, 0.25) is 11.8 Å². The molecule has 1 saturated carbocycles. The van der Waals surface area contributed by atoms with Crippen LogP contribution in [0.5, 0.6) is 5.75 Å². The number of hydrogen-bond acceptors (Lipinski definition) is 4. The van der Waals surface area contributed by atoms with Crippen molar-refractivity contribution in [3.05, 3.63) is 64.2 Å². The van der Waals surface area contributed by atoms with Gasteiger partial charge in [-0.15, -0.1) is 0 Å². The van der Waals surface area contributed by atoms with Crippen molar-refractivity contribution >= 4 is 23.4 Å². The zero-order valence-corrected chi connectivity index (χ0v) is 19.6. The van der Waals surface area contributed by atoms with E-state index in [1.54, 1.807) is 0 Å². The first kappa shape index (κ1) is 22.8. The van der Waals surface area contributed by atoms with Crippen LogP contribution in [-0.2, 0) is 16.1 Å². The average molecular weight is 455 g/mol. The third-order valence-corrected chi connectivity index (χ3v) is 6.98. The second kappa shape index (κ2) is 10.1. The van der Waals surface area contributed by atoms with Crippen LogP contribution in [0.15, 0.2) is 42.5 Å². The van der Waals surface area contributed by atoms with Crippen LogP contribution >= 0.6 is 11.6 Å². The normalized spacial score (nSPS) is 17.7. The van der Waals surface area contributed by atoms with E-state index in [1.807, 2.05) is 25.1 Å². The van der Waals surface area contributed by atoms with E-state index < -0.39 is 0 Å². The summed E-state index contributed by atoms with van der Waals surface area (Å²) in [5.74, 6) is 0.599. The molecule has 2 aromatic carbocycles. The van der Waals surface area contributed by atoms with Crippen LogP contribution in [0.25, 0.3) is 0 Å². The number of halogens is 1. The molecule has 32 heavy (non-hydrogen) atoms. The summed E-state index contributed by atoms with van der Waals surface area (Å²) in [4.78, 5) is 27.4. The lowest BCUT2D eigenvalue weighted by Crippen LogP contribution is -2.41. The molecular weight excluding hydrogens is 424 g/mol. The van der Waals surface area contributed by atoms with E-state index in [9.17, 15) is 9.59 Å². The Bertz CT molecular complexity index is 956. The number of nitrogens with zero attached hydrogens (tertiary/aromatic N) is 2. The van der Waals surface area contributed by atoms with Crippen molar-refractivity contribution < 1.29 is 14.3 Å². The van der Waals surface area contributed by atoms with Crippen molar-refractivity contribution in [2.45, 2.75) is 64.6 Å². The molecule has 0 bridgehead atoms. The van der Waals surface area contributed by atoms with Crippen LogP contribution < -0.4 is 4.74 Å². The summed E-state index contributed by atoms with van der Waals surface area (Å²) in [6, 6.07) is 15.4. The topological polar surface area (TPSA) is 49.9 Å². The zero-order valence-electron chi connectivity index (χ0n) is 18.9. The summed E-state index contributed by atoms with van der Waals surface area (Å²) in [5, 5.41) is 0.765. The maximum atomic E-state index is 11.7. The first-order valence-corrected chi connectivity index (χ1v) is 11.9. The highest BCUT2D eigenvalue weighted by molar-refractivity contribution is 6.30. The third-order valence-electron chi connectivity index (χ3n) is 6.73. The van der Waals surface area contributed by atoms with Gasteiger partial charge in [0.15, 0.2) is 0 Å². The molecule has 2 amide bonds. The number of amides is 2. The van der Waals surface area contributed by atoms with Crippen molar-refractivity contribution in [3.63, 3.8) is 0 Å². The van der Waals surface area contributed by atoms with E-state index in [0.717, 1.165) is 22.9 Å². The second-order valence-electron chi connectivity index (χ2n) is 8.87. The molecule has 1 aliphatic carbocycles. The Kier molecular flexibility index (Phi) is 7.17. The second-order valence-corrected chi connectivity index (χ2v) is 9.31. The lowest BCUT2D eigenvalue weighted by Gasteiger charge is -2.41. The van der Waals surface area contributed by atoms with Crippen molar-refractivity contribution in [1.29, 1.82) is 0 Å². The van der Waals surface area contributed by atoms with Gasteiger partial charge in [-0.2, -0.15) is 0 Å². The third kappa shape index (κ3) is 5.16. The Morgan fingerprint density at radius 2 is 1.78 bits per heavy atom. The van der Waals surface area contributed by atoms with Crippen LogP contribution in [0.4, 0.5) is 0 Å². The monoisotopic (exact) mass is 454 g/mol. The molecule has 1 atom stereocenters. The maximum Gasteiger partial charge on any atom is 0.229 e. The number of likely N-dealkylation sites (tertiary alicyclic amines) is 1. The number of aryl methyl sites for hydroxylation is 1. The molecule has 170 valence electrons. The summed E-state index contributed by atoms with van der Waals surface area (Å²) in [7, 11) is 0. The quantitative estimate of drug-likeness (QED) is 0.483. The number of imide groups is 1. The Labute approximate surface area is 195 Å². The molecule has 0 N–H and O–H groups in total. The SMILES string of the molecule is Cc1cc(CN(C2CCC2)[C@H](C)c2ccc(Cl)cc2)ccc1OCCN1C(=O)CCC1=O. The Morgan fingerprint density at radius 3 is 2.38 bits per heavy atom. The van der Waals surface area contributed by atoms with Crippen LogP contribution in [0.3, 0.4) is 0 Å². The molecule has 0 radical (unpaired) electrons. The molecule has 1 aliphatic heterocycles. The van der Waals surface area contributed by atoms with Gasteiger partial charge < -0.3 is 4.74 Å². The lowest BCUT2D eigenvalue weighted by molar-refractivity contribution is -0.138. The molecule has 4 rings (SSSR count). The van der Waals surface area contributed by atoms with E-state index in [1.165, 1.54) is 35.3 Å². The maximum absolute atomic E-state index is 11.7. The minimum absolute atomic E-state index is 0.100. The molecule has 1 saturated heterocycles. The fourth-order valence-electron chi connectivity index (χ4n) is 4.54. The van der Waals surface area contributed by atoms with Gasteiger partial charge in [0, 0.05) is 36.5 Å². The van der Waals surface area contributed by atoms with Gasteiger partial charge in [0.05, 0.1) is 6.54 Å². The first-order valence-electron chi connectivity index (χ1n) is 11.5. The van der Waals surface area contributed by atoms with Gasteiger partial charge in [-0.1, -0.05) is 42.3 Å². The summed E-state index contributed by atoms with van der Waals surface area (Å²) in [6.45, 7) is 5.83. The van der Waals surface area contributed by atoms with Crippen molar-refractivity contribution in [2.24, 2.45) is 0 Å². The van der Waals surface area contributed by atoms with Crippen molar-refractivity contribution in [3.8, 4) is 5.75 Å². The lowest BCUT2D eigenvalue weighted by atomic mass is 9.89. The van der Waals surface area contributed by atoms with Gasteiger partial charge in [0.25, 0.3) is 0 Å². The van der Waals surface area contributed by atoms with Crippen LogP contribution in [0.1, 0.15) is 61.8 Å². The summed E-state index contributed by atoms with van der Waals surface area (Å²) < 4.78 is 5.89. The number of carbonyl (C=O) groups is 2. The Balaban J connectivity index is 1.39. The number of hydrogen-bond donors (Lipinski definition) is 0. The van der Waals surface area contributed by atoms with Gasteiger partial charge in [-0.3, -0.25) is 19.4 Å². The zero-order chi connectivity index (χ0) is 22.7. The van der Waals surface area contributed by atoms with Gasteiger partial charge in [-0.05, 0) is 61.6 Å². The van der Waals surface area contributed by atoms with E-state index >= 15 is 0 Å². The molecule has 6 heteroatoms. The summed E-state index contributed by atoms with van der Waals surface area (Å²) in [6.07, 6.45) is 4.41. The van der Waals surface area contributed by atoms with Gasteiger partial charge >= 0.3 is 0 Å². The number of carbonyl (C=O) groups excluding carboxylic acids is 2. The van der Waals surface area contributed by atoms with Crippen LogP contribution in [0.2, 0.25) is 5.02 Å². The van der Waals surface area contributed by atoms with Crippen molar-refractivity contribution in [1.82, 2.24) is 9.80 Å². The Hall–Kier alpha value is -2.37. The fraction of sp³-hybridized carbons (Fsp3) is 0.462. The number of benzene rings is 2. The van der Waals surface area contributed by atoms with E-state index in [2.05, 4.69) is 36.1 Å². The van der Waals surface area contributed by atoms with E-state index in [-0.39, 0.29) is 11.8 Å². The molecule has 2 fully saturated rings. The molecule has 2 aromatic rings. The molecule has 0 aromatic heterocycles. The predicted molar refractivity (Wildman–Crippen MR) is 126 cm³/mol. The number of rotatable bonds is 9. The smallest absolute Gasteiger partial charge is 0.229 e. The minimum atomic E-state index is -0.100. The fourth-order valence-corrected chi connectivity index (χ4v) is 4.66. The molecular formula is C26H31ClN2O3. The van der Waals surface area contributed by atoms with Crippen molar-refractivity contribution in [2.75, 3.05) is 13.2 Å². The minimum Gasteiger partial charge on any atom is -0.491 e. The number of ether oxygens (including phenoxy) is 1. The first-order chi connectivity index (χ1) is 15.4. The standard InChI is InChI=1S/C26H31ClN2O3/c1-18-16-20(6-11-24(18)32-15-14-28-25(30)12-13-26(28)31)17-29(23-4-3-5-23)19(2)21-7-9-22(27)10-8-21/h6-11,16,19,23H,3-5,12-15,17H2,1-2H3/t19-/m1/s1. The molecule has 0 unspecified atom stereocenters. The summed E-state index contributed by atoms with van der Waals surface area (Å²) >= 11 is 6.08. The van der Waals surface area contributed by atoms with Crippen LogP contribution in [-0.4, -0.2) is 40.8 Å². The average Bonchev–Trinajstić information content (AvgIpc) is 3.05. The predicted octanol–water partition coefficient (Wildman–Crippen LogP) is 5.29. The van der Waals surface area contributed by atoms with Crippen LogP contribution in [0, 0.1) is 6.92 Å². The largest absolute Gasteiger partial charge is 0.491 e. The van der Waals surface area contributed by atoms with Gasteiger partial charge in [0.1, 0.15) is 12.4 Å². The molecule has 5 nitrogen and oxygen atoms in total. The highest BCUT2D eigenvalue weighted by Crippen LogP contribution is 2.34. The molecule has 1 heterocycles. The van der Waals surface area contributed by atoms with E-state index in [4.69, 9.17) is 16.3 Å². The molecule has 2 aliphatic rings. The van der Waals surface area contributed by atoms with Gasteiger partial charge in [-0.25, -0.2) is 0 Å². The highest BCUT2D eigenvalue weighted by atomic mass is 35.5. The summed E-state index contributed by atoms with van der Waals surface area (Å²) in [5.41, 5.74) is 3.60. The Morgan fingerprint density at radius 1 is 1.09 bits per heavy atom. The van der Waals surface area contributed by atoms with E-state index in [0.29, 0.717) is 38.1 Å². The highest BCUT2D eigenvalue weighted by Gasteiger charge is 2.30.